The highest BCUT2D eigenvalue weighted by atomic mass is 19.4. The first-order chi connectivity index (χ1) is 18.1. The summed E-state index contributed by atoms with van der Waals surface area (Å²) in [5, 5.41) is 21.0. The fourth-order valence-corrected chi connectivity index (χ4v) is 4.73. The zero-order valence-corrected chi connectivity index (χ0v) is 20.8. The summed E-state index contributed by atoms with van der Waals surface area (Å²) in [6.07, 6.45) is 5.68. The number of carboxylic acids is 2. The lowest BCUT2D eigenvalue weighted by Gasteiger charge is -2.29. The Kier molecular flexibility index (Phi) is 10.4. The third kappa shape index (κ3) is 8.67. The number of ether oxygens (including phenoxy) is 1. The van der Waals surface area contributed by atoms with Gasteiger partial charge in [-0.05, 0) is 60.9 Å². The van der Waals surface area contributed by atoms with E-state index >= 15 is 0 Å². The predicted octanol–water partition coefficient (Wildman–Crippen LogP) is 6.22. The smallest absolute Gasteiger partial charge is 0.490 e. The number of rotatable bonds is 10. The molecule has 4 N–H and O–H groups in total. The quantitative estimate of drug-likeness (QED) is 0.227. The Balaban J connectivity index is 0.000000505. The monoisotopic (exact) mass is 535 g/mol. The number of alkyl halides is 3. The lowest BCUT2D eigenvalue weighted by Crippen LogP contribution is -2.21. The fraction of sp³-hybridized carbons (Fsp3) is 0.444. The third-order valence-electron chi connectivity index (χ3n) is 6.50. The summed E-state index contributed by atoms with van der Waals surface area (Å²) < 4.78 is 37.7. The van der Waals surface area contributed by atoms with Crippen LogP contribution in [0.4, 0.5) is 19.0 Å². The van der Waals surface area contributed by atoms with Crippen LogP contribution in [0.5, 0.6) is 5.75 Å². The number of hydrogen-bond donors (Lipinski definition) is 4. The topological polar surface area (TPSA) is 125 Å². The normalized spacial score (nSPS) is 14.8. The molecule has 1 aliphatic carbocycles. The van der Waals surface area contributed by atoms with Crippen molar-refractivity contribution in [2.24, 2.45) is 5.92 Å². The molecule has 0 aliphatic heterocycles. The van der Waals surface area contributed by atoms with Crippen molar-refractivity contribution in [1.29, 1.82) is 0 Å². The number of aromatic amines is 1. The Morgan fingerprint density at radius 2 is 1.87 bits per heavy atom. The van der Waals surface area contributed by atoms with Gasteiger partial charge in [0.15, 0.2) is 0 Å². The largest absolute Gasteiger partial charge is 0.493 e. The lowest BCUT2D eigenvalue weighted by molar-refractivity contribution is -0.192. The molecule has 2 aromatic heterocycles. The molecule has 38 heavy (non-hydrogen) atoms. The van der Waals surface area contributed by atoms with Crippen molar-refractivity contribution in [1.82, 2.24) is 9.97 Å². The van der Waals surface area contributed by atoms with Gasteiger partial charge in [-0.25, -0.2) is 9.78 Å². The molecular formula is C27H32F3N3O5. The maximum absolute atomic E-state index is 11.6. The van der Waals surface area contributed by atoms with Crippen LogP contribution < -0.4 is 10.1 Å². The van der Waals surface area contributed by atoms with Gasteiger partial charge < -0.3 is 25.3 Å². The van der Waals surface area contributed by atoms with Gasteiger partial charge in [-0.1, -0.05) is 25.3 Å². The van der Waals surface area contributed by atoms with Gasteiger partial charge in [0, 0.05) is 35.9 Å². The van der Waals surface area contributed by atoms with Gasteiger partial charge in [0.2, 0.25) is 0 Å². The van der Waals surface area contributed by atoms with E-state index in [0.717, 1.165) is 53.8 Å². The van der Waals surface area contributed by atoms with Crippen LogP contribution in [0.25, 0.3) is 10.9 Å². The first kappa shape index (κ1) is 28.8. The van der Waals surface area contributed by atoms with Crippen LogP contribution in [0.2, 0.25) is 0 Å². The summed E-state index contributed by atoms with van der Waals surface area (Å²) in [5.41, 5.74) is 2.14. The number of aliphatic carboxylic acids is 2. The van der Waals surface area contributed by atoms with Crippen molar-refractivity contribution in [2.45, 2.75) is 57.0 Å². The number of aromatic nitrogens is 2. The van der Waals surface area contributed by atoms with Crippen molar-refractivity contribution < 1.29 is 37.7 Å². The molecular weight excluding hydrogens is 503 g/mol. The molecule has 8 nitrogen and oxygen atoms in total. The van der Waals surface area contributed by atoms with Crippen molar-refractivity contribution in [3.05, 3.63) is 54.4 Å². The van der Waals surface area contributed by atoms with E-state index in [9.17, 15) is 23.1 Å². The zero-order chi connectivity index (χ0) is 27.5. The van der Waals surface area contributed by atoms with E-state index in [4.69, 9.17) is 14.6 Å². The minimum absolute atomic E-state index is 0.0657. The van der Waals surface area contributed by atoms with Gasteiger partial charge >= 0.3 is 18.1 Å². The van der Waals surface area contributed by atoms with Crippen molar-refractivity contribution in [2.75, 3.05) is 18.5 Å². The number of hydrogen-bond acceptors (Lipinski definition) is 5. The molecule has 1 saturated carbocycles. The van der Waals surface area contributed by atoms with Gasteiger partial charge in [-0.15, -0.1) is 0 Å². The van der Waals surface area contributed by atoms with Crippen LogP contribution in [0.15, 0.2) is 48.8 Å². The van der Waals surface area contributed by atoms with E-state index in [-0.39, 0.29) is 12.3 Å². The molecule has 1 fully saturated rings. The minimum Gasteiger partial charge on any atom is -0.493 e. The predicted molar refractivity (Wildman–Crippen MR) is 136 cm³/mol. The molecule has 1 atom stereocenters. The SMILES string of the molecule is O=C(O)C(F)(F)F.O=C(O)CC(c1c[nH]c2cc(OCCCNc3ccccn3)ccc12)C1CCCCC1. The molecule has 1 unspecified atom stereocenters. The van der Waals surface area contributed by atoms with Gasteiger partial charge in [-0.3, -0.25) is 4.79 Å². The van der Waals surface area contributed by atoms with Gasteiger partial charge in [-0.2, -0.15) is 13.2 Å². The molecule has 206 valence electrons. The fourth-order valence-electron chi connectivity index (χ4n) is 4.73. The second kappa shape index (κ2) is 13.7. The first-order valence-electron chi connectivity index (χ1n) is 12.6. The molecule has 2 heterocycles. The summed E-state index contributed by atoms with van der Waals surface area (Å²) in [5.74, 6) is -1.26. The van der Waals surface area contributed by atoms with Gasteiger partial charge in [0.1, 0.15) is 11.6 Å². The molecule has 0 saturated heterocycles. The van der Waals surface area contributed by atoms with Gasteiger partial charge in [0.05, 0.1) is 13.0 Å². The molecule has 1 aliphatic rings. The van der Waals surface area contributed by atoms with Crippen LogP contribution in [0.3, 0.4) is 0 Å². The molecule has 0 bridgehead atoms. The van der Waals surface area contributed by atoms with E-state index in [1.165, 1.54) is 19.3 Å². The van der Waals surface area contributed by atoms with E-state index < -0.39 is 18.1 Å². The molecule has 0 radical (unpaired) electrons. The summed E-state index contributed by atoms with van der Waals surface area (Å²) >= 11 is 0. The van der Waals surface area contributed by atoms with Crippen LogP contribution in [0, 0.1) is 5.92 Å². The molecule has 0 amide bonds. The molecule has 1 aromatic carbocycles. The zero-order valence-electron chi connectivity index (χ0n) is 20.8. The van der Waals surface area contributed by atoms with Crippen molar-refractivity contribution >= 4 is 28.7 Å². The molecule has 4 rings (SSSR count). The number of carboxylic acid groups (broad SMARTS) is 2. The first-order valence-corrected chi connectivity index (χ1v) is 12.6. The maximum atomic E-state index is 11.6. The highest BCUT2D eigenvalue weighted by molar-refractivity contribution is 5.85. The number of pyridine rings is 1. The number of anilines is 1. The number of fused-ring (bicyclic) bond motifs is 1. The molecule has 3 aromatic rings. The van der Waals surface area contributed by atoms with Gasteiger partial charge in [0.25, 0.3) is 0 Å². The number of benzene rings is 1. The Morgan fingerprint density at radius 3 is 2.50 bits per heavy atom. The Morgan fingerprint density at radius 1 is 1.13 bits per heavy atom. The second-order valence-electron chi connectivity index (χ2n) is 9.20. The highest BCUT2D eigenvalue weighted by Crippen LogP contribution is 2.41. The lowest BCUT2D eigenvalue weighted by atomic mass is 9.75. The number of H-pyrrole nitrogens is 1. The van der Waals surface area contributed by atoms with E-state index in [2.05, 4.69) is 21.4 Å². The van der Waals surface area contributed by atoms with E-state index in [1.54, 1.807) is 6.20 Å². The van der Waals surface area contributed by atoms with E-state index in [1.807, 2.05) is 36.5 Å². The average Bonchev–Trinajstić information content (AvgIpc) is 3.31. The van der Waals surface area contributed by atoms with Crippen molar-refractivity contribution in [3.8, 4) is 5.75 Å². The number of carbonyl (C=O) groups is 2. The third-order valence-corrected chi connectivity index (χ3v) is 6.50. The van der Waals surface area contributed by atoms with E-state index in [0.29, 0.717) is 12.5 Å². The van der Waals surface area contributed by atoms with Crippen LogP contribution in [-0.2, 0) is 9.59 Å². The summed E-state index contributed by atoms with van der Waals surface area (Å²) in [6, 6.07) is 11.9. The number of nitrogens with zero attached hydrogens (tertiary/aromatic N) is 1. The average molecular weight is 536 g/mol. The minimum atomic E-state index is -5.08. The summed E-state index contributed by atoms with van der Waals surface area (Å²) in [4.78, 5) is 28.1. The van der Waals surface area contributed by atoms with Crippen LogP contribution >= 0.6 is 0 Å². The Hall–Kier alpha value is -3.76. The van der Waals surface area contributed by atoms with Crippen LogP contribution in [-0.4, -0.2) is 51.4 Å². The molecule has 0 spiro atoms. The Bertz CT molecular complexity index is 1180. The second-order valence-corrected chi connectivity index (χ2v) is 9.20. The summed E-state index contributed by atoms with van der Waals surface area (Å²) in [7, 11) is 0. The molecule has 11 heteroatoms. The standard InChI is InChI=1S/C25H31N3O3.C2HF3O2/c29-25(30)16-21(18-7-2-1-3-8-18)22-17-28-23-15-19(10-11-20(22)23)31-14-6-13-27-24-9-4-5-12-26-24;3-2(4,5)1(6)7/h4-5,9-12,15,17-18,21,28H,1-3,6-8,13-14,16H2,(H,26,27)(H,29,30);(H,6,7). The van der Waals surface area contributed by atoms with Crippen molar-refractivity contribution in [3.63, 3.8) is 0 Å². The number of halogens is 3. The number of nitrogens with one attached hydrogen (secondary N) is 2. The van der Waals surface area contributed by atoms with Crippen LogP contribution in [0.1, 0.15) is 56.4 Å². The maximum Gasteiger partial charge on any atom is 0.490 e. The summed E-state index contributed by atoms with van der Waals surface area (Å²) in [6.45, 7) is 1.41. The highest BCUT2D eigenvalue weighted by Gasteiger charge is 2.38. The Labute approximate surface area is 218 Å².